The third-order valence-electron chi connectivity index (χ3n) is 2.38. The first kappa shape index (κ1) is 11.9. The number of rotatable bonds is 3. The van der Waals surface area contributed by atoms with Gasteiger partial charge < -0.3 is 0 Å². The van der Waals surface area contributed by atoms with E-state index in [0.717, 1.165) is 24.0 Å². The maximum Gasteiger partial charge on any atom is 0.243 e. The highest BCUT2D eigenvalue weighted by Crippen LogP contribution is 2.20. The van der Waals surface area contributed by atoms with E-state index in [1.54, 1.807) is 11.8 Å². The fourth-order valence-corrected chi connectivity index (χ4v) is 4.18. The normalized spacial score (nSPS) is 21.2. The largest absolute Gasteiger partial charge is 0.243 e. The number of benzene rings is 1. The lowest BCUT2D eigenvalue weighted by molar-refractivity contribution is 0.544. The zero-order chi connectivity index (χ0) is 11.6. The molecule has 1 aromatic carbocycles. The maximum absolute atomic E-state index is 13.3. The summed E-state index contributed by atoms with van der Waals surface area (Å²) in [5, 5.41) is 0. The third kappa shape index (κ3) is 2.56. The maximum atomic E-state index is 13.3. The fourth-order valence-electron chi connectivity index (χ4n) is 1.57. The molecule has 0 bridgehead atoms. The SMILES string of the molecule is O=S(=O)(NC1CCSC1)c1ccccc1F. The van der Waals surface area contributed by atoms with Gasteiger partial charge in [-0.3, -0.25) is 0 Å². The van der Waals surface area contributed by atoms with Crippen molar-refractivity contribution in [3.8, 4) is 0 Å². The van der Waals surface area contributed by atoms with Crippen molar-refractivity contribution in [2.45, 2.75) is 17.4 Å². The summed E-state index contributed by atoms with van der Waals surface area (Å²) in [4.78, 5) is -0.271. The Morgan fingerprint density at radius 3 is 2.75 bits per heavy atom. The molecule has 0 aromatic heterocycles. The second-order valence-corrected chi connectivity index (χ2v) is 6.44. The van der Waals surface area contributed by atoms with Crippen LogP contribution in [0.4, 0.5) is 4.39 Å². The van der Waals surface area contributed by atoms with Crippen LogP contribution in [-0.2, 0) is 10.0 Å². The average Bonchev–Trinajstić information content (AvgIpc) is 2.70. The number of nitrogens with one attached hydrogen (secondary N) is 1. The van der Waals surface area contributed by atoms with Gasteiger partial charge in [-0.2, -0.15) is 11.8 Å². The topological polar surface area (TPSA) is 46.2 Å². The summed E-state index contributed by atoms with van der Waals surface area (Å²) in [5.74, 6) is 0.999. The summed E-state index contributed by atoms with van der Waals surface area (Å²) in [7, 11) is -3.71. The number of thioether (sulfide) groups is 1. The molecule has 1 unspecified atom stereocenters. The predicted molar refractivity (Wildman–Crippen MR) is 62.5 cm³/mol. The van der Waals surface area contributed by atoms with Gasteiger partial charge in [0.05, 0.1) is 0 Å². The highest BCUT2D eigenvalue weighted by Gasteiger charge is 2.25. The minimum absolute atomic E-state index is 0.0744. The molecule has 6 heteroatoms. The molecule has 0 saturated carbocycles. The van der Waals surface area contributed by atoms with E-state index in [1.807, 2.05) is 0 Å². The molecule has 1 aromatic rings. The molecule has 0 radical (unpaired) electrons. The van der Waals surface area contributed by atoms with E-state index >= 15 is 0 Å². The summed E-state index contributed by atoms with van der Waals surface area (Å²) in [6, 6.07) is 5.34. The predicted octanol–water partition coefficient (Wildman–Crippen LogP) is 1.61. The van der Waals surface area contributed by atoms with E-state index in [9.17, 15) is 12.8 Å². The molecule has 0 amide bonds. The van der Waals surface area contributed by atoms with E-state index in [-0.39, 0.29) is 10.9 Å². The molecular formula is C10H12FNO2S2. The van der Waals surface area contributed by atoms with Crippen molar-refractivity contribution < 1.29 is 12.8 Å². The Kier molecular flexibility index (Phi) is 3.51. The van der Waals surface area contributed by atoms with Crippen LogP contribution < -0.4 is 4.72 Å². The first-order valence-electron chi connectivity index (χ1n) is 4.94. The van der Waals surface area contributed by atoms with Gasteiger partial charge in [-0.05, 0) is 24.3 Å². The first-order valence-corrected chi connectivity index (χ1v) is 7.58. The Bertz CT molecular complexity index is 469. The lowest BCUT2D eigenvalue weighted by Crippen LogP contribution is -2.35. The molecule has 1 aliphatic rings. The van der Waals surface area contributed by atoms with E-state index in [0.29, 0.717) is 0 Å². The molecule has 3 nitrogen and oxygen atoms in total. The van der Waals surface area contributed by atoms with Crippen molar-refractivity contribution in [2.24, 2.45) is 0 Å². The van der Waals surface area contributed by atoms with Crippen LogP contribution in [0.5, 0.6) is 0 Å². The van der Waals surface area contributed by atoms with Gasteiger partial charge in [0.1, 0.15) is 10.7 Å². The van der Waals surface area contributed by atoms with Crippen LogP contribution in [0, 0.1) is 5.82 Å². The van der Waals surface area contributed by atoms with Gasteiger partial charge >= 0.3 is 0 Å². The molecule has 2 rings (SSSR count). The molecule has 0 aliphatic carbocycles. The standard InChI is InChI=1S/C10H12FNO2S2/c11-9-3-1-2-4-10(9)16(13,14)12-8-5-6-15-7-8/h1-4,8,12H,5-7H2. The van der Waals surface area contributed by atoms with Crippen LogP contribution in [0.3, 0.4) is 0 Å². The molecule has 1 heterocycles. The second-order valence-electron chi connectivity index (χ2n) is 3.61. The Morgan fingerprint density at radius 1 is 1.38 bits per heavy atom. The summed E-state index contributed by atoms with van der Waals surface area (Å²) in [6.07, 6.45) is 0.804. The highest BCUT2D eigenvalue weighted by atomic mass is 32.2. The van der Waals surface area contributed by atoms with E-state index in [1.165, 1.54) is 18.2 Å². The summed E-state index contributed by atoms with van der Waals surface area (Å²) in [5.41, 5.74) is 0. The van der Waals surface area contributed by atoms with Crippen molar-refractivity contribution >= 4 is 21.8 Å². The van der Waals surface area contributed by atoms with Crippen LogP contribution in [0.15, 0.2) is 29.2 Å². The van der Waals surface area contributed by atoms with Crippen molar-refractivity contribution in [1.29, 1.82) is 0 Å². The minimum Gasteiger partial charge on any atom is -0.207 e. The Hall–Kier alpha value is -0.590. The van der Waals surface area contributed by atoms with Gasteiger partial charge in [0.25, 0.3) is 0 Å². The summed E-state index contributed by atoms with van der Waals surface area (Å²) >= 11 is 1.70. The van der Waals surface area contributed by atoms with Crippen LogP contribution in [0.1, 0.15) is 6.42 Å². The van der Waals surface area contributed by atoms with E-state index < -0.39 is 15.8 Å². The van der Waals surface area contributed by atoms with Gasteiger partial charge in [0, 0.05) is 11.8 Å². The Labute approximate surface area is 98.5 Å². The van der Waals surface area contributed by atoms with Gasteiger partial charge in [-0.25, -0.2) is 17.5 Å². The molecule has 16 heavy (non-hydrogen) atoms. The number of halogens is 1. The van der Waals surface area contributed by atoms with Crippen LogP contribution >= 0.6 is 11.8 Å². The Balaban J connectivity index is 2.21. The summed E-state index contributed by atoms with van der Waals surface area (Å²) < 4.78 is 39.6. The first-order chi connectivity index (χ1) is 7.59. The van der Waals surface area contributed by atoms with E-state index in [4.69, 9.17) is 0 Å². The van der Waals surface area contributed by atoms with Crippen molar-refractivity contribution in [2.75, 3.05) is 11.5 Å². The van der Waals surface area contributed by atoms with E-state index in [2.05, 4.69) is 4.72 Å². The monoisotopic (exact) mass is 261 g/mol. The molecule has 88 valence electrons. The average molecular weight is 261 g/mol. The third-order valence-corrected chi connectivity index (χ3v) is 5.09. The second kappa shape index (κ2) is 4.73. The number of hydrogen-bond acceptors (Lipinski definition) is 3. The van der Waals surface area contributed by atoms with Crippen LogP contribution in [0.2, 0.25) is 0 Å². The fraction of sp³-hybridized carbons (Fsp3) is 0.400. The highest BCUT2D eigenvalue weighted by molar-refractivity contribution is 7.99. The number of sulfonamides is 1. The number of hydrogen-bond donors (Lipinski definition) is 1. The summed E-state index contributed by atoms with van der Waals surface area (Å²) in [6.45, 7) is 0. The molecule has 1 N–H and O–H groups in total. The molecule has 1 atom stereocenters. The molecule has 0 spiro atoms. The van der Waals surface area contributed by atoms with Crippen molar-refractivity contribution in [3.05, 3.63) is 30.1 Å². The molecule has 1 fully saturated rings. The zero-order valence-corrected chi connectivity index (χ0v) is 10.2. The minimum atomic E-state index is -3.71. The Morgan fingerprint density at radius 2 is 2.12 bits per heavy atom. The molecule has 1 saturated heterocycles. The van der Waals surface area contributed by atoms with Crippen molar-refractivity contribution in [3.63, 3.8) is 0 Å². The molecular weight excluding hydrogens is 249 g/mol. The van der Waals surface area contributed by atoms with Crippen LogP contribution in [-0.4, -0.2) is 26.0 Å². The van der Waals surface area contributed by atoms with Crippen LogP contribution in [0.25, 0.3) is 0 Å². The van der Waals surface area contributed by atoms with Gasteiger partial charge in [0.15, 0.2) is 0 Å². The zero-order valence-electron chi connectivity index (χ0n) is 8.52. The quantitative estimate of drug-likeness (QED) is 0.899. The van der Waals surface area contributed by atoms with Crippen molar-refractivity contribution in [1.82, 2.24) is 4.72 Å². The lowest BCUT2D eigenvalue weighted by atomic mass is 10.3. The van der Waals surface area contributed by atoms with Gasteiger partial charge in [0.2, 0.25) is 10.0 Å². The van der Waals surface area contributed by atoms with Gasteiger partial charge in [-0.15, -0.1) is 0 Å². The molecule has 1 aliphatic heterocycles. The van der Waals surface area contributed by atoms with Gasteiger partial charge in [-0.1, -0.05) is 12.1 Å². The smallest absolute Gasteiger partial charge is 0.207 e. The lowest BCUT2D eigenvalue weighted by Gasteiger charge is -2.12.